The van der Waals surface area contributed by atoms with Crippen LogP contribution < -0.4 is 0 Å². The van der Waals surface area contributed by atoms with Gasteiger partial charge in [-0.1, -0.05) is 48.5 Å². The first-order valence-corrected chi connectivity index (χ1v) is 9.20. The maximum absolute atomic E-state index is 5.65. The molecule has 0 amide bonds. The summed E-state index contributed by atoms with van der Waals surface area (Å²) in [6, 6.07) is 21.5. The van der Waals surface area contributed by atoms with Crippen LogP contribution in [-0.4, -0.2) is 31.8 Å². The Morgan fingerprint density at radius 2 is 1.72 bits per heavy atom. The number of benzene rings is 2. The molecule has 0 aliphatic carbocycles. The molecule has 4 nitrogen and oxygen atoms in total. The minimum absolute atomic E-state index is 0.561. The van der Waals surface area contributed by atoms with Crippen molar-refractivity contribution in [2.75, 3.05) is 6.54 Å². The Balaban J connectivity index is 1.50. The Bertz CT molecular complexity index is 869. The predicted octanol–water partition coefficient (Wildman–Crippen LogP) is 4.07. The van der Waals surface area contributed by atoms with Gasteiger partial charge in [0.25, 0.3) is 0 Å². The zero-order valence-electron chi connectivity index (χ0n) is 14.2. The average Bonchev–Trinajstić information content (AvgIpc) is 3.24. The van der Waals surface area contributed by atoms with Gasteiger partial charge in [-0.05, 0) is 49.2 Å². The summed E-state index contributed by atoms with van der Waals surface area (Å²) in [5.41, 5.74) is 2.46. The number of nitrogens with zero attached hydrogens (tertiary/aromatic N) is 4. The van der Waals surface area contributed by atoms with E-state index in [1.807, 2.05) is 33.8 Å². The van der Waals surface area contributed by atoms with Crippen molar-refractivity contribution in [3.05, 3.63) is 77.3 Å². The normalized spacial score (nSPS) is 17.8. The molecule has 5 heteroatoms. The molecule has 3 aromatic rings. The number of hydrogen-bond donors (Lipinski definition) is 0. The lowest BCUT2D eigenvalue weighted by molar-refractivity contribution is 0.187. The second-order valence-electron chi connectivity index (χ2n) is 6.56. The molecule has 0 bridgehead atoms. The molecule has 1 aromatic heterocycles. The summed E-state index contributed by atoms with van der Waals surface area (Å²) in [5, 5.41) is 4.53. The lowest BCUT2D eigenvalue weighted by atomic mass is 10.0. The Hall–Kier alpha value is -2.24. The van der Waals surface area contributed by atoms with E-state index in [1.165, 1.54) is 18.4 Å². The van der Waals surface area contributed by atoms with Gasteiger partial charge in [-0.2, -0.15) is 5.10 Å². The van der Waals surface area contributed by atoms with Crippen molar-refractivity contribution < 1.29 is 0 Å². The molecule has 0 spiro atoms. The number of rotatable bonds is 5. The van der Waals surface area contributed by atoms with E-state index in [1.54, 1.807) is 0 Å². The van der Waals surface area contributed by atoms with Gasteiger partial charge in [0.2, 0.25) is 4.77 Å². The number of para-hydroxylation sites is 1. The van der Waals surface area contributed by atoms with Crippen LogP contribution in [0.5, 0.6) is 0 Å². The van der Waals surface area contributed by atoms with Gasteiger partial charge < -0.3 is 0 Å². The van der Waals surface area contributed by atoms with Crippen LogP contribution in [0, 0.1) is 4.77 Å². The summed E-state index contributed by atoms with van der Waals surface area (Å²) < 4.78 is 4.65. The lowest BCUT2D eigenvalue weighted by Crippen LogP contribution is -2.33. The molecule has 1 saturated heterocycles. The molecule has 0 saturated carbocycles. The van der Waals surface area contributed by atoms with Crippen LogP contribution in [0.25, 0.3) is 5.69 Å². The van der Waals surface area contributed by atoms with Crippen LogP contribution in [0.15, 0.2) is 67.0 Å². The molecule has 1 atom stereocenters. The summed E-state index contributed by atoms with van der Waals surface area (Å²) in [5.74, 6) is 0. The standard InChI is InChI=1S/C20H22N4S/c25-20-23(18-10-5-2-6-11-18)15-21-24(20)16-22-13-7-12-19(22)14-17-8-3-1-4-9-17/h1-6,8-11,15,19H,7,12-14,16H2. The van der Waals surface area contributed by atoms with Gasteiger partial charge in [0, 0.05) is 18.3 Å². The van der Waals surface area contributed by atoms with Crippen LogP contribution in [0.1, 0.15) is 18.4 Å². The van der Waals surface area contributed by atoms with Crippen LogP contribution >= 0.6 is 12.2 Å². The van der Waals surface area contributed by atoms with E-state index >= 15 is 0 Å². The maximum Gasteiger partial charge on any atom is 0.203 e. The third kappa shape index (κ3) is 3.57. The highest BCUT2D eigenvalue weighted by Gasteiger charge is 2.25. The van der Waals surface area contributed by atoms with Crippen LogP contribution in [0.3, 0.4) is 0 Å². The van der Waals surface area contributed by atoms with Crippen molar-refractivity contribution in [1.82, 2.24) is 19.2 Å². The third-order valence-electron chi connectivity index (χ3n) is 4.90. The first kappa shape index (κ1) is 16.2. The molecule has 0 radical (unpaired) electrons. The highest BCUT2D eigenvalue weighted by molar-refractivity contribution is 7.71. The highest BCUT2D eigenvalue weighted by atomic mass is 32.1. The number of hydrogen-bond acceptors (Lipinski definition) is 3. The topological polar surface area (TPSA) is 26.0 Å². The largest absolute Gasteiger partial charge is 0.281 e. The molecule has 1 unspecified atom stereocenters. The molecule has 1 aliphatic heterocycles. The predicted molar refractivity (Wildman–Crippen MR) is 102 cm³/mol. The molecule has 128 valence electrons. The molecule has 1 fully saturated rings. The zero-order valence-corrected chi connectivity index (χ0v) is 15.0. The van der Waals surface area contributed by atoms with Gasteiger partial charge in [0.1, 0.15) is 6.33 Å². The SMILES string of the molecule is S=c1n(-c2ccccc2)cnn1CN1CCCC1Cc1ccccc1. The second kappa shape index (κ2) is 7.33. The molecule has 4 rings (SSSR count). The smallest absolute Gasteiger partial charge is 0.203 e. The Morgan fingerprint density at radius 1 is 1.00 bits per heavy atom. The van der Waals surface area contributed by atoms with Crippen LogP contribution in [0.2, 0.25) is 0 Å². The van der Waals surface area contributed by atoms with E-state index < -0.39 is 0 Å². The lowest BCUT2D eigenvalue weighted by Gasteiger charge is -2.24. The molecule has 2 heterocycles. The van der Waals surface area contributed by atoms with Gasteiger partial charge in [-0.15, -0.1) is 0 Å². The van der Waals surface area contributed by atoms with Gasteiger partial charge in [0.15, 0.2) is 0 Å². The maximum atomic E-state index is 5.65. The van der Waals surface area contributed by atoms with E-state index in [-0.39, 0.29) is 0 Å². The summed E-state index contributed by atoms with van der Waals surface area (Å²) in [4.78, 5) is 2.51. The second-order valence-corrected chi connectivity index (χ2v) is 6.92. The minimum Gasteiger partial charge on any atom is -0.281 e. The number of aromatic nitrogens is 3. The van der Waals surface area contributed by atoms with Gasteiger partial charge in [-0.25, -0.2) is 4.68 Å². The fraction of sp³-hybridized carbons (Fsp3) is 0.300. The summed E-state index contributed by atoms with van der Waals surface area (Å²) in [7, 11) is 0. The Morgan fingerprint density at radius 3 is 2.48 bits per heavy atom. The molecule has 25 heavy (non-hydrogen) atoms. The van der Waals surface area contributed by atoms with Crippen LogP contribution in [0.4, 0.5) is 0 Å². The van der Waals surface area contributed by atoms with E-state index in [0.29, 0.717) is 6.04 Å². The first-order valence-electron chi connectivity index (χ1n) is 8.79. The molecule has 0 N–H and O–H groups in total. The summed E-state index contributed by atoms with van der Waals surface area (Å²) in [6.07, 6.45) is 5.39. The monoisotopic (exact) mass is 350 g/mol. The van der Waals surface area contributed by atoms with Crippen molar-refractivity contribution in [2.24, 2.45) is 0 Å². The van der Waals surface area contributed by atoms with Gasteiger partial charge in [0.05, 0.1) is 6.67 Å². The van der Waals surface area contributed by atoms with E-state index in [2.05, 4.69) is 52.5 Å². The third-order valence-corrected chi connectivity index (χ3v) is 5.30. The summed E-state index contributed by atoms with van der Waals surface area (Å²) in [6.45, 7) is 1.87. The average molecular weight is 350 g/mol. The van der Waals surface area contributed by atoms with Gasteiger partial charge in [-0.3, -0.25) is 9.47 Å². The zero-order chi connectivity index (χ0) is 17.1. The quantitative estimate of drug-likeness (QED) is 0.649. The van der Waals surface area contributed by atoms with E-state index in [0.717, 1.165) is 30.1 Å². The molecule has 1 aliphatic rings. The summed E-state index contributed by atoms with van der Waals surface area (Å²) >= 11 is 5.65. The van der Waals surface area contributed by atoms with E-state index in [4.69, 9.17) is 12.2 Å². The highest BCUT2D eigenvalue weighted by Crippen LogP contribution is 2.22. The fourth-order valence-corrected chi connectivity index (χ4v) is 3.83. The first-order chi connectivity index (χ1) is 12.3. The van der Waals surface area contributed by atoms with E-state index in [9.17, 15) is 0 Å². The fourth-order valence-electron chi connectivity index (χ4n) is 3.57. The van der Waals surface area contributed by atoms with Crippen molar-refractivity contribution in [1.29, 1.82) is 0 Å². The number of likely N-dealkylation sites (tertiary alicyclic amines) is 1. The van der Waals surface area contributed by atoms with Crippen LogP contribution in [-0.2, 0) is 13.1 Å². The van der Waals surface area contributed by atoms with Crippen molar-refractivity contribution >= 4 is 12.2 Å². The molecule has 2 aromatic carbocycles. The Kier molecular flexibility index (Phi) is 4.76. The Labute approximate surface area is 153 Å². The van der Waals surface area contributed by atoms with Crippen molar-refractivity contribution in [3.63, 3.8) is 0 Å². The molecular formula is C20H22N4S. The van der Waals surface area contributed by atoms with Crippen molar-refractivity contribution in [3.8, 4) is 5.69 Å². The minimum atomic E-state index is 0.561. The van der Waals surface area contributed by atoms with Gasteiger partial charge >= 0.3 is 0 Å². The molecular weight excluding hydrogens is 328 g/mol. The van der Waals surface area contributed by atoms with Crippen molar-refractivity contribution in [2.45, 2.75) is 32.0 Å².